The van der Waals surface area contributed by atoms with Gasteiger partial charge in [0.15, 0.2) is 0 Å². The molecule has 0 radical (unpaired) electrons. The zero-order chi connectivity index (χ0) is 17.7. The molecule has 2 N–H and O–H groups in total. The van der Waals surface area contributed by atoms with Crippen LogP contribution in [0.1, 0.15) is 21.5 Å². The maximum atomic E-state index is 11.8. The third-order valence-electron chi connectivity index (χ3n) is 2.99. The number of rotatable bonds is 5. The molecule has 0 spiro atoms. The van der Waals surface area contributed by atoms with Crippen LogP contribution < -0.4 is 5.32 Å². The monoisotopic (exact) mass is 385 g/mol. The van der Waals surface area contributed by atoms with E-state index in [1.165, 1.54) is 0 Å². The van der Waals surface area contributed by atoms with Crippen LogP contribution in [-0.4, -0.2) is 37.2 Å². The molecule has 23 heavy (non-hydrogen) atoms. The normalized spacial score (nSPS) is 10.9. The Labute approximate surface area is 141 Å². The van der Waals surface area contributed by atoms with Gasteiger partial charge in [0.05, 0.1) is 31.5 Å². The average Bonchev–Trinajstić information content (AvgIpc) is 2.50. The lowest BCUT2D eigenvalue weighted by atomic mass is 10.0. The van der Waals surface area contributed by atoms with Crippen molar-refractivity contribution in [3.8, 4) is 0 Å². The molecular weight excluding hydrogens is 370 g/mol. The Bertz CT molecular complexity index is 696. The minimum atomic E-state index is -1.19. The number of hydrogen-bond donors (Lipinski definition) is 2. The Morgan fingerprint density at radius 2 is 1.78 bits per heavy atom. The molecule has 0 unspecified atom stereocenters. The molecular formula is C15H16BrNO6. The zero-order valence-electron chi connectivity index (χ0n) is 13.0. The lowest BCUT2D eigenvalue weighted by molar-refractivity contribution is -0.138. The highest BCUT2D eigenvalue weighted by molar-refractivity contribution is 9.10. The first-order valence-electron chi connectivity index (χ1n) is 6.40. The van der Waals surface area contributed by atoms with Crippen molar-refractivity contribution < 1.29 is 29.0 Å². The van der Waals surface area contributed by atoms with E-state index in [4.69, 9.17) is 0 Å². The van der Waals surface area contributed by atoms with Crippen LogP contribution in [0.15, 0.2) is 22.3 Å². The van der Waals surface area contributed by atoms with E-state index in [2.05, 4.69) is 30.7 Å². The first-order valence-corrected chi connectivity index (χ1v) is 7.20. The molecule has 0 aliphatic heterocycles. The minimum absolute atomic E-state index is 0.0535. The highest BCUT2D eigenvalue weighted by Crippen LogP contribution is 2.32. The number of anilines is 1. The first kappa shape index (κ1) is 18.7. The zero-order valence-corrected chi connectivity index (χ0v) is 14.6. The highest BCUT2D eigenvalue weighted by Gasteiger charge is 2.22. The number of carboxylic acids is 1. The van der Waals surface area contributed by atoms with E-state index in [0.717, 1.165) is 25.9 Å². The van der Waals surface area contributed by atoms with E-state index in [1.54, 1.807) is 19.9 Å². The Morgan fingerprint density at radius 1 is 1.17 bits per heavy atom. The summed E-state index contributed by atoms with van der Waals surface area (Å²) in [6, 6.07) is 1.74. The molecule has 1 aromatic rings. The van der Waals surface area contributed by atoms with Crippen molar-refractivity contribution in [1.29, 1.82) is 0 Å². The van der Waals surface area contributed by atoms with E-state index < -0.39 is 17.9 Å². The number of carbonyl (C=O) groups is 3. The molecule has 0 aliphatic rings. The summed E-state index contributed by atoms with van der Waals surface area (Å²) in [5.74, 6) is -2.80. The summed E-state index contributed by atoms with van der Waals surface area (Å²) in [5, 5.41) is 12.1. The molecule has 0 aliphatic carbocycles. The Balaban J connectivity index is 3.48. The fraction of sp³-hybridized carbons (Fsp3) is 0.267. The summed E-state index contributed by atoms with van der Waals surface area (Å²) in [7, 11) is 2.30. The van der Waals surface area contributed by atoms with E-state index in [9.17, 15) is 19.5 Å². The molecule has 0 saturated carbocycles. The molecule has 0 amide bonds. The van der Waals surface area contributed by atoms with E-state index in [-0.39, 0.29) is 16.9 Å². The molecule has 0 atom stereocenters. The second kappa shape index (κ2) is 7.77. The van der Waals surface area contributed by atoms with Gasteiger partial charge in [-0.05, 0) is 40.9 Å². The number of halogens is 1. The minimum Gasteiger partial charge on any atom is -0.478 e. The molecule has 1 aromatic carbocycles. The maximum absolute atomic E-state index is 11.8. The molecule has 0 heterocycles. The number of benzene rings is 1. The number of aryl methyl sites for hydroxylation is 2. The molecule has 8 heteroatoms. The molecule has 7 nitrogen and oxygen atoms in total. The predicted octanol–water partition coefficient (Wildman–Crippen LogP) is 2.41. The topological polar surface area (TPSA) is 102 Å². The number of carboxylic acid groups (broad SMARTS) is 1. The maximum Gasteiger partial charge on any atom is 0.354 e. The summed E-state index contributed by atoms with van der Waals surface area (Å²) in [4.78, 5) is 34.7. The van der Waals surface area contributed by atoms with Crippen LogP contribution in [0.5, 0.6) is 0 Å². The van der Waals surface area contributed by atoms with Gasteiger partial charge in [-0.1, -0.05) is 6.07 Å². The van der Waals surface area contributed by atoms with Crippen LogP contribution in [-0.2, 0) is 19.1 Å². The third kappa shape index (κ3) is 4.32. The standard InChI is InChI=1S/C15H16BrNO6/c1-7-5-8(2)13(11(12(7)16)14(19)20)17-9(15(21)23-4)6-10(18)22-3/h5-6,17H,1-4H3,(H,19,20)/b9-6+. The second-order valence-corrected chi connectivity index (χ2v) is 5.37. The quantitative estimate of drug-likeness (QED) is 0.592. The van der Waals surface area contributed by atoms with Crippen molar-refractivity contribution in [2.45, 2.75) is 13.8 Å². The highest BCUT2D eigenvalue weighted by atomic mass is 79.9. The molecule has 0 saturated heterocycles. The number of nitrogens with one attached hydrogen (secondary N) is 1. The summed E-state index contributed by atoms with van der Waals surface area (Å²) < 4.78 is 9.44. The van der Waals surface area contributed by atoms with Gasteiger partial charge in [0, 0.05) is 4.47 Å². The second-order valence-electron chi connectivity index (χ2n) is 4.58. The summed E-state index contributed by atoms with van der Waals surface area (Å²) in [6.07, 6.45) is 0.894. The molecule has 0 fully saturated rings. The van der Waals surface area contributed by atoms with Crippen molar-refractivity contribution >= 4 is 39.5 Å². The van der Waals surface area contributed by atoms with Gasteiger partial charge < -0.3 is 19.9 Å². The molecule has 124 valence electrons. The van der Waals surface area contributed by atoms with Crippen molar-refractivity contribution in [2.75, 3.05) is 19.5 Å². The van der Waals surface area contributed by atoms with Gasteiger partial charge in [-0.25, -0.2) is 14.4 Å². The lowest BCUT2D eigenvalue weighted by Crippen LogP contribution is -2.18. The third-order valence-corrected chi connectivity index (χ3v) is 4.01. The van der Waals surface area contributed by atoms with Gasteiger partial charge in [0.25, 0.3) is 0 Å². The van der Waals surface area contributed by atoms with Crippen LogP contribution in [0.4, 0.5) is 5.69 Å². The number of aromatic carboxylic acids is 1. The van der Waals surface area contributed by atoms with Gasteiger partial charge in [0.1, 0.15) is 5.70 Å². The number of methoxy groups -OCH3 is 2. The Kier molecular flexibility index (Phi) is 6.32. The van der Waals surface area contributed by atoms with Crippen molar-refractivity contribution in [2.24, 2.45) is 0 Å². The summed E-state index contributed by atoms with van der Waals surface area (Å²) in [6.45, 7) is 3.43. The average molecular weight is 386 g/mol. The van der Waals surface area contributed by atoms with Crippen molar-refractivity contribution in [3.05, 3.63) is 39.0 Å². The van der Waals surface area contributed by atoms with E-state index in [0.29, 0.717) is 10.0 Å². The number of esters is 2. The Hall–Kier alpha value is -2.35. The van der Waals surface area contributed by atoms with Crippen LogP contribution in [0.3, 0.4) is 0 Å². The van der Waals surface area contributed by atoms with Gasteiger partial charge >= 0.3 is 17.9 Å². The fourth-order valence-electron chi connectivity index (χ4n) is 1.89. The van der Waals surface area contributed by atoms with Gasteiger partial charge in [0.2, 0.25) is 0 Å². The number of hydrogen-bond acceptors (Lipinski definition) is 6. The van der Waals surface area contributed by atoms with Crippen molar-refractivity contribution in [1.82, 2.24) is 0 Å². The SMILES string of the molecule is COC(=O)/C=C(/Nc1c(C)cc(C)c(Br)c1C(=O)O)C(=O)OC. The van der Waals surface area contributed by atoms with Gasteiger partial charge in [-0.15, -0.1) is 0 Å². The lowest BCUT2D eigenvalue weighted by Gasteiger charge is -2.16. The van der Waals surface area contributed by atoms with E-state index >= 15 is 0 Å². The summed E-state index contributed by atoms with van der Waals surface area (Å²) in [5.41, 5.74) is 1.20. The van der Waals surface area contributed by atoms with Crippen LogP contribution in [0.25, 0.3) is 0 Å². The van der Waals surface area contributed by atoms with Crippen LogP contribution in [0, 0.1) is 13.8 Å². The fourth-order valence-corrected chi connectivity index (χ4v) is 2.38. The van der Waals surface area contributed by atoms with Gasteiger partial charge in [-0.2, -0.15) is 0 Å². The molecule has 1 rings (SSSR count). The van der Waals surface area contributed by atoms with Crippen LogP contribution in [0.2, 0.25) is 0 Å². The number of carbonyl (C=O) groups excluding carboxylic acids is 2. The molecule has 0 bridgehead atoms. The predicted molar refractivity (Wildman–Crippen MR) is 86.3 cm³/mol. The van der Waals surface area contributed by atoms with Gasteiger partial charge in [-0.3, -0.25) is 0 Å². The number of ether oxygens (including phenoxy) is 2. The van der Waals surface area contributed by atoms with Crippen LogP contribution >= 0.6 is 15.9 Å². The van der Waals surface area contributed by atoms with E-state index in [1.807, 2.05) is 0 Å². The first-order chi connectivity index (χ1) is 10.7. The summed E-state index contributed by atoms with van der Waals surface area (Å²) >= 11 is 3.23. The van der Waals surface area contributed by atoms with Crippen molar-refractivity contribution in [3.63, 3.8) is 0 Å². The smallest absolute Gasteiger partial charge is 0.354 e. The Morgan fingerprint density at radius 3 is 2.26 bits per heavy atom. The molecule has 0 aromatic heterocycles. The largest absolute Gasteiger partial charge is 0.478 e.